The van der Waals surface area contributed by atoms with Gasteiger partial charge < -0.3 is 10.4 Å². The minimum Gasteiger partial charge on any atom is -0.507 e. The molecule has 0 saturated carbocycles. The van der Waals surface area contributed by atoms with E-state index < -0.39 is 0 Å². The van der Waals surface area contributed by atoms with Gasteiger partial charge in [0.25, 0.3) is 0 Å². The van der Waals surface area contributed by atoms with Crippen molar-refractivity contribution in [2.24, 2.45) is 0 Å². The number of hydrogen-bond donors (Lipinski definition) is 3. The molecular formula is C15H17N5O. The summed E-state index contributed by atoms with van der Waals surface area (Å²) < 4.78 is 0. The van der Waals surface area contributed by atoms with Crippen molar-refractivity contribution >= 4 is 16.9 Å². The van der Waals surface area contributed by atoms with Gasteiger partial charge in [0, 0.05) is 6.54 Å². The van der Waals surface area contributed by atoms with Crippen molar-refractivity contribution in [3.63, 3.8) is 0 Å². The summed E-state index contributed by atoms with van der Waals surface area (Å²) in [5.74, 6) is 1.80. The summed E-state index contributed by atoms with van der Waals surface area (Å²) in [5.41, 5.74) is 3.57. The van der Waals surface area contributed by atoms with Gasteiger partial charge in [-0.05, 0) is 37.5 Å². The van der Waals surface area contributed by atoms with Crippen LogP contribution in [0, 0.1) is 20.8 Å². The molecule has 0 bridgehead atoms. The number of H-pyrrole nitrogens is 1. The van der Waals surface area contributed by atoms with Gasteiger partial charge in [0.2, 0.25) is 0 Å². The normalized spacial score (nSPS) is 11.0. The van der Waals surface area contributed by atoms with Gasteiger partial charge in [0.1, 0.15) is 17.4 Å². The molecule has 2 aromatic heterocycles. The van der Waals surface area contributed by atoms with Gasteiger partial charge in [-0.1, -0.05) is 12.1 Å². The molecule has 0 aliphatic heterocycles. The second-order valence-corrected chi connectivity index (χ2v) is 5.18. The molecule has 2 heterocycles. The lowest BCUT2D eigenvalue weighted by molar-refractivity contribution is 0.466. The van der Waals surface area contributed by atoms with Crippen molar-refractivity contribution in [3.8, 4) is 5.75 Å². The number of benzene rings is 1. The third-order valence-corrected chi connectivity index (χ3v) is 3.43. The smallest absolute Gasteiger partial charge is 0.161 e. The monoisotopic (exact) mass is 283 g/mol. The number of anilines is 1. The average Bonchev–Trinajstić information content (AvgIpc) is 2.90. The Morgan fingerprint density at radius 1 is 1.14 bits per heavy atom. The van der Waals surface area contributed by atoms with Crippen LogP contribution in [0.4, 0.5) is 5.82 Å². The van der Waals surface area contributed by atoms with Crippen molar-refractivity contribution in [2.75, 3.05) is 5.32 Å². The third-order valence-electron chi connectivity index (χ3n) is 3.43. The van der Waals surface area contributed by atoms with Crippen LogP contribution in [-0.4, -0.2) is 25.3 Å². The van der Waals surface area contributed by atoms with Crippen molar-refractivity contribution in [1.82, 2.24) is 20.2 Å². The molecule has 3 N–H and O–H groups in total. The van der Waals surface area contributed by atoms with Crippen LogP contribution in [-0.2, 0) is 6.54 Å². The average molecular weight is 283 g/mol. The van der Waals surface area contributed by atoms with Crippen molar-refractivity contribution < 1.29 is 5.11 Å². The van der Waals surface area contributed by atoms with Gasteiger partial charge in [0.05, 0.1) is 11.6 Å². The number of fused-ring (bicyclic) bond motifs is 1. The van der Waals surface area contributed by atoms with E-state index in [0.29, 0.717) is 18.1 Å². The zero-order chi connectivity index (χ0) is 15.0. The predicted molar refractivity (Wildman–Crippen MR) is 81.3 cm³/mol. The van der Waals surface area contributed by atoms with Gasteiger partial charge in [0.15, 0.2) is 5.65 Å². The number of nitrogens with zero attached hydrogens (tertiary/aromatic N) is 3. The molecular weight excluding hydrogens is 266 g/mol. The summed E-state index contributed by atoms with van der Waals surface area (Å²) in [7, 11) is 0. The SMILES string of the molecule is Cc1nc(NCc2cc(C)c(O)c(C)c2)c2cn[nH]c2n1. The molecule has 6 nitrogen and oxygen atoms in total. The van der Waals surface area contributed by atoms with E-state index in [-0.39, 0.29) is 0 Å². The molecule has 6 heteroatoms. The molecule has 0 unspecified atom stereocenters. The number of aromatic nitrogens is 4. The molecule has 0 fully saturated rings. The predicted octanol–water partition coefficient (Wildman–Crippen LogP) is 2.60. The van der Waals surface area contributed by atoms with Gasteiger partial charge >= 0.3 is 0 Å². The molecule has 0 saturated heterocycles. The molecule has 1 aromatic carbocycles. The Morgan fingerprint density at radius 2 is 1.86 bits per heavy atom. The van der Waals surface area contributed by atoms with Gasteiger partial charge in [-0.3, -0.25) is 5.10 Å². The van der Waals surface area contributed by atoms with E-state index >= 15 is 0 Å². The van der Waals surface area contributed by atoms with Crippen LogP contribution in [0.3, 0.4) is 0 Å². The number of phenols is 1. The number of hydrogen-bond acceptors (Lipinski definition) is 5. The minimum absolute atomic E-state index is 0.355. The zero-order valence-corrected chi connectivity index (χ0v) is 12.2. The van der Waals surface area contributed by atoms with Crippen LogP contribution in [0.1, 0.15) is 22.5 Å². The van der Waals surface area contributed by atoms with E-state index in [1.807, 2.05) is 32.9 Å². The number of aryl methyl sites for hydroxylation is 3. The van der Waals surface area contributed by atoms with E-state index in [1.165, 1.54) is 0 Å². The molecule has 0 aliphatic carbocycles. The molecule has 21 heavy (non-hydrogen) atoms. The van der Waals surface area contributed by atoms with Crippen LogP contribution in [0.5, 0.6) is 5.75 Å². The van der Waals surface area contributed by atoms with E-state index in [1.54, 1.807) is 6.20 Å². The number of aromatic amines is 1. The molecule has 0 radical (unpaired) electrons. The van der Waals surface area contributed by atoms with Crippen molar-refractivity contribution in [3.05, 3.63) is 40.8 Å². The molecule has 3 aromatic rings. The largest absolute Gasteiger partial charge is 0.507 e. The summed E-state index contributed by atoms with van der Waals surface area (Å²) in [6, 6.07) is 3.94. The molecule has 0 spiro atoms. The van der Waals surface area contributed by atoms with Crippen LogP contribution in [0.2, 0.25) is 0 Å². The number of phenolic OH excluding ortho intramolecular Hbond substituents is 1. The number of nitrogens with one attached hydrogen (secondary N) is 2. The Kier molecular flexibility index (Phi) is 3.21. The first kappa shape index (κ1) is 13.4. The fourth-order valence-electron chi connectivity index (χ4n) is 2.41. The van der Waals surface area contributed by atoms with E-state index in [9.17, 15) is 5.11 Å². The number of aromatic hydroxyl groups is 1. The Morgan fingerprint density at radius 3 is 2.57 bits per heavy atom. The fraction of sp³-hybridized carbons (Fsp3) is 0.267. The van der Waals surface area contributed by atoms with Crippen molar-refractivity contribution in [1.29, 1.82) is 0 Å². The minimum atomic E-state index is 0.355. The first-order chi connectivity index (χ1) is 10.0. The third kappa shape index (κ3) is 2.52. The zero-order valence-electron chi connectivity index (χ0n) is 12.2. The molecule has 0 aliphatic rings. The maximum atomic E-state index is 9.81. The topological polar surface area (TPSA) is 86.7 Å². The highest BCUT2D eigenvalue weighted by molar-refractivity contribution is 5.85. The van der Waals surface area contributed by atoms with Gasteiger partial charge in [-0.2, -0.15) is 5.10 Å². The maximum Gasteiger partial charge on any atom is 0.161 e. The highest BCUT2D eigenvalue weighted by Crippen LogP contribution is 2.24. The van der Waals surface area contributed by atoms with E-state index in [4.69, 9.17) is 0 Å². The quantitative estimate of drug-likeness (QED) is 0.687. The van der Waals surface area contributed by atoms with Crippen LogP contribution >= 0.6 is 0 Å². The summed E-state index contributed by atoms with van der Waals surface area (Å²) >= 11 is 0. The summed E-state index contributed by atoms with van der Waals surface area (Å²) in [4.78, 5) is 8.71. The first-order valence-electron chi connectivity index (χ1n) is 6.75. The van der Waals surface area contributed by atoms with E-state index in [0.717, 1.165) is 33.5 Å². The Labute approximate surface area is 122 Å². The molecule has 0 amide bonds. The first-order valence-corrected chi connectivity index (χ1v) is 6.75. The lowest BCUT2D eigenvalue weighted by Gasteiger charge is -2.10. The highest BCUT2D eigenvalue weighted by atomic mass is 16.3. The van der Waals surface area contributed by atoms with E-state index in [2.05, 4.69) is 25.5 Å². The van der Waals surface area contributed by atoms with Crippen LogP contribution in [0.25, 0.3) is 11.0 Å². The van der Waals surface area contributed by atoms with Gasteiger partial charge in [-0.15, -0.1) is 0 Å². The molecule has 3 rings (SSSR count). The lowest BCUT2D eigenvalue weighted by Crippen LogP contribution is -2.04. The second kappa shape index (κ2) is 5.05. The van der Waals surface area contributed by atoms with Crippen molar-refractivity contribution in [2.45, 2.75) is 27.3 Å². The molecule has 108 valence electrons. The summed E-state index contributed by atoms with van der Waals surface area (Å²) in [6.45, 7) is 6.27. The summed E-state index contributed by atoms with van der Waals surface area (Å²) in [6.07, 6.45) is 1.71. The molecule has 0 atom stereocenters. The van der Waals surface area contributed by atoms with Crippen LogP contribution in [0.15, 0.2) is 18.3 Å². The fourth-order valence-corrected chi connectivity index (χ4v) is 2.41. The Balaban J connectivity index is 1.88. The summed E-state index contributed by atoms with van der Waals surface area (Å²) in [5, 5.41) is 20.8. The highest BCUT2D eigenvalue weighted by Gasteiger charge is 2.08. The standard InChI is InChI=1S/C15H17N5O/c1-8-4-11(5-9(2)13(8)21)6-16-14-12-7-17-20-15(12)19-10(3)18-14/h4-5,7,21H,6H2,1-3H3,(H2,16,17,18,19,20). The number of rotatable bonds is 3. The van der Waals surface area contributed by atoms with Gasteiger partial charge in [-0.25, -0.2) is 9.97 Å². The second-order valence-electron chi connectivity index (χ2n) is 5.18. The Bertz CT molecular complexity index is 786. The maximum absolute atomic E-state index is 9.81. The van der Waals surface area contributed by atoms with Crippen LogP contribution < -0.4 is 5.32 Å². The lowest BCUT2D eigenvalue weighted by atomic mass is 10.1. The Hall–Kier alpha value is -2.63.